The van der Waals surface area contributed by atoms with Crippen molar-refractivity contribution in [2.45, 2.75) is 25.8 Å². The van der Waals surface area contributed by atoms with E-state index in [1.54, 1.807) is 0 Å². The highest BCUT2D eigenvalue weighted by Gasteiger charge is 2.39. The van der Waals surface area contributed by atoms with Crippen LogP contribution in [0.5, 0.6) is 0 Å². The molecule has 1 aliphatic rings. The van der Waals surface area contributed by atoms with Crippen LogP contribution < -0.4 is 5.32 Å². The largest absolute Gasteiger partial charge is 0.358 e. The van der Waals surface area contributed by atoms with Gasteiger partial charge in [0, 0.05) is 47.2 Å². The lowest BCUT2D eigenvalue weighted by molar-refractivity contribution is -0.121. The van der Waals surface area contributed by atoms with E-state index >= 15 is 0 Å². The molecule has 0 bridgehead atoms. The van der Waals surface area contributed by atoms with Crippen molar-refractivity contribution in [1.82, 2.24) is 15.2 Å². The van der Waals surface area contributed by atoms with Gasteiger partial charge in [0.25, 0.3) is 5.91 Å². The maximum Gasteiger partial charge on any atom is 0.255 e. The molecule has 166 valence electrons. The fourth-order valence-corrected chi connectivity index (χ4v) is 4.86. The van der Waals surface area contributed by atoms with Gasteiger partial charge >= 0.3 is 0 Å². The lowest BCUT2D eigenvalue weighted by Gasteiger charge is -2.26. The second-order valence-electron chi connectivity index (χ2n) is 8.53. The maximum absolute atomic E-state index is 13.3. The van der Waals surface area contributed by atoms with Crippen LogP contribution in [0.1, 0.15) is 45.2 Å². The molecule has 0 aliphatic carbocycles. The first-order valence-corrected chi connectivity index (χ1v) is 11.4. The molecular weight excluding hydrogens is 410 g/mol. The van der Waals surface area contributed by atoms with Gasteiger partial charge in [0.2, 0.25) is 5.91 Å². The summed E-state index contributed by atoms with van der Waals surface area (Å²) < 4.78 is 0. The quantitative estimate of drug-likeness (QED) is 0.437. The first-order chi connectivity index (χ1) is 16.1. The average Bonchev–Trinajstić information content (AvgIpc) is 3.31. The van der Waals surface area contributed by atoms with Gasteiger partial charge in [-0.05, 0) is 36.6 Å². The Morgan fingerprint density at radius 2 is 1.70 bits per heavy atom. The summed E-state index contributed by atoms with van der Waals surface area (Å²) in [5.74, 6) is -0.0542. The number of carbonyl (C=O) groups excluding carboxylic acids is 2. The number of benzene rings is 3. The van der Waals surface area contributed by atoms with E-state index in [0.29, 0.717) is 13.1 Å². The number of aryl methyl sites for hydroxylation is 1. The van der Waals surface area contributed by atoms with E-state index in [9.17, 15) is 9.59 Å². The normalized spacial score (nSPS) is 15.1. The number of hydrogen-bond acceptors (Lipinski definition) is 2. The van der Waals surface area contributed by atoms with Crippen LogP contribution in [-0.4, -0.2) is 34.8 Å². The highest BCUT2D eigenvalue weighted by molar-refractivity contribution is 6.01. The molecule has 4 aromatic rings. The zero-order valence-electron chi connectivity index (χ0n) is 18.7. The van der Waals surface area contributed by atoms with Crippen molar-refractivity contribution in [2.24, 2.45) is 0 Å². The Kier molecular flexibility index (Phi) is 5.69. The van der Waals surface area contributed by atoms with Crippen molar-refractivity contribution in [3.8, 4) is 0 Å². The van der Waals surface area contributed by atoms with Crippen LogP contribution in [0.3, 0.4) is 0 Å². The van der Waals surface area contributed by atoms with Crippen LogP contribution in [0.15, 0.2) is 78.9 Å². The minimum absolute atomic E-state index is 0.0163. The average molecular weight is 438 g/mol. The SMILES string of the molecule is Cc1[nH]c2ccccc2c1[C@@H]1c2ccccc2C(=O)N1CCC(=O)NCCc1ccccc1. The number of aromatic nitrogens is 1. The molecule has 0 spiro atoms. The summed E-state index contributed by atoms with van der Waals surface area (Å²) in [4.78, 5) is 31.2. The molecule has 1 atom stereocenters. The number of nitrogens with one attached hydrogen (secondary N) is 2. The monoisotopic (exact) mass is 437 g/mol. The van der Waals surface area contributed by atoms with E-state index in [2.05, 4.69) is 41.5 Å². The van der Waals surface area contributed by atoms with Crippen LogP contribution in [0.25, 0.3) is 10.9 Å². The van der Waals surface area contributed by atoms with Crippen LogP contribution >= 0.6 is 0 Å². The molecule has 2 amide bonds. The standard InChI is InChI=1S/C28H27N3O2/c1-19-26(23-13-7-8-14-24(23)30-19)27-21-11-5-6-12-22(21)28(33)31(27)18-16-25(32)29-17-15-20-9-3-2-4-10-20/h2-14,27,30H,15-18H2,1H3,(H,29,32)/t27-/m0/s1. The molecule has 5 nitrogen and oxygen atoms in total. The molecule has 1 aromatic heterocycles. The van der Waals surface area contributed by atoms with Gasteiger partial charge in [0.15, 0.2) is 0 Å². The molecule has 5 rings (SSSR count). The molecular formula is C28H27N3O2. The minimum atomic E-state index is -0.207. The summed E-state index contributed by atoms with van der Waals surface area (Å²) in [6, 6.07) is 25.8. The van der Waals surface area contributed by atoms with Crippen molar-refractivity contribution in [3.63, 3.8) is 0 Å². The van der Waals surface area contributed by atoms with Gasteiger partial charge in [0.1, 0.15) is 0 Å². The van der Waals surface area contributed by atoms with Gasteiger partial charge < -0.3 is 15.2 Å². The third-order valence-electron chi connectivity index (χ3n) is 6.43. The number of rotatable bonds is 7. The van der Waals surface area contributed by atoms with Crippen molar-refractivity contribution in [3.05, 3.63) is 107 Å². The van der Waals surface area contributed by atoms with Gasteiger partial charge in [-0.1, -0.05) is 66.7 Å². The Labute approximate surface area is 193 Å². The summed E-state index contributed by atoms with van der Waals surface area (Å²) in [5, 5.41) is 4.11. The Hall–Kier alpha value is -3.86. The molecule has 5 heteroatoms. The zero-order valence-corrected chi connectivity index (χ0v) is 18.7. The predicted molar refractivity (Wildman–Crippen MR) is 130 cm³/mol. The lowest BCUT2D eigenvalue weighted by atomic mass is 9.95. The molecule has 0 unspecified atom stereocenters. The number of nitrogens with zero attached hydrogens (tertiary/aromatic N) is 1. The molecule has 1 aliphatic heterocycles. The van der Waals surface area contributed by atoms with E-state index < -0.39 is 0 Å². The highest BCUT2D eigenvalue weighted by Crippen LogP contribution is 2.42. The second-order valence-corrected chi connectivity index (χ2v) is 8.53. The molecule has 0 fully saturated rings. The third kappa shape index (κ3) is 4.02. The second kappa shape index (κ2) is 8.94. The van der Waals surface area contributed by atoms with Crippen LogP contribution in [0, 0.1) is 6.92 Å². The Morgan fingerprint density at radius 3 is 2.55 bits per heavy atom. The molecule has 33 heavy (non-hydrogen) atoms. The molecule has 0 saturated heterocycles. The van der Waals surface area contributed by atoms with Crippen molar-refractivity contribution in [2.75, 3.05) is 13.1 Å². The van der Waals surface area contributed by atoms with Crippen molar-refractivity contribution in [1.29, 1.82) is 0 Å². The first-order valence-electron chi connectivity index (χ1n) is 11.4. The third-order valence-corrected chi connectivity index (χ3v) is 6.43. The Morgan fingerprint density at radius 1 is 0.970 bits per heavy atom. The van der Waals surface area contributed by atoms with Gasteiger partial charge in [-0.15, -0.1) is 0 Å². The van der Waals surface area contributed by atoms with E-state index in [-0.39, 0.29) is 24.3 Å². The number of hydrogen-bond donors (Lipinski definition) is 2. The smallest absolute Gasteiger partial charge is 0.255 e. The topological polar surface area (TPSA) is 65.2 Å². The fourth-order valence-electron chi connectivity index (χ4n) is 4.86. The molecule has 0 saturated carbocycles. The first kappa shape index (κ1) is 21.0. The predicted octanol–water partition coefficient (Wildman–Crippen LogP) is 4.77. The summed E-state index contributed by atoms with van der Waals surface area (Å²) in [6.45, 7) is 3.01. The van der Waals surface area contributed by atoms with Gasteiger partial charge in [-0.2, -0.15) is 0 Å². The Balaban J connectivity index is 1.35. The number of para-hydroxylation sites is 1. The minimum Gasteiger partial charge on any atom is -0.358 e. The van der Waals surface area contributed by atoms with Crippen LogP contribution in [0.4, 0.5) is 0 Å². The number of aromatic amines is 1. The van der Waals surface area contributed by atoms with Crippen molar-refractivity contribution < 1.29 is 9.59 Å². The summed E-state index contributed by atoms with van der Waals surface area (Å²) in [7, 11) is 0. The maximum atomic E-state index is 13.3. The highest BCUT2D eigenvalue weighted by atomic mass is 16.2. The number of amides is 2. The van der Waals surface area contributed by atoms with E-state index in [0.717, 1.165) is 39.7 Å². The van der Waals surface area contributed by atoms with Crippen LogP contribution in [0.2, 0.25) is 0 Å². The van der Waals surface area contributed by atoms with Gasteiger partial charge in [-0.3, -0.25) is 9.59 Å². The summed E-state index contributed by atoms with van der Waals surface area (Å²) in [6.07, 6.45) is 1.06. The van der Waals surface area contributed by atoms with E-state index in [4.69, 9.17) is 0 Å². The number of carbonyl (C=O) groups is 2. The molecule has 0 radical (unpaired) electrons. The molecule has 2 heterocycles. The molecule has 2 N–H and O–H groups in total. The zero-order chi connectivity index (χ0) is 22.8. The van der Waals surface area contributed by atoms with Crippen molar-refractivity contribution >= 4 is 22.7 Å². The summed E-state index contributed by atoms with van der Waals surface area (Å²) >= 11 is 0. The van der Waals surface area contributed by atoms with Gasteiger partial charge in [0.05, 0.1) is 6.04 Å². The fraction of sp³-hybridized carbons (Fsp3) is 0.214. The van der Waals surface area contributed by atoms with Crippen LogP contribution in [-0.2, 0) is 11.2 Å². The number of fused-ring (bicyclic) bond motifs is 2. The Bertz CT molecular complexity index is 1310. The summed E-state index contributed by atoms with van der Waals surface area (Å²) in [5.41, 5.74) is 6.12. The molecule has 3 aromatic carbocycles. The number of H-pyrrole nitrogens is 1. The van der Waals surface area contributed by atoms with E-state index in [1.807, 2.05) is 59.5 Å². The van der Waals surface area contributed by atoms with E-state index in [1.165, 1.54) is 5.56 Å². The lowest BCUT2D eigenvalue weighted by Crippen LogP contribution is -2.34. The van der Waals surface area contributed by atoms with Gasteiger partial charge in [-0.25, -0.2) is 0 Å².